The molecule has 18 heavy (non-hydrogen) atoms. The Bertz CT molecular complexity index is 484. The molecule has 2 nitrogen and oxygen atoms in total. The lowest BCUT2D eigenvalue weighted by Crippen LogP contribution is -2.25. The van der Waals surface area contributed by atoms with Crippen LogP contribution >= 0.6 is 0 Å². The summed E-state index contributed by atoms with van der Waals surface area (Å²) in [6.07, 6.45) is 6.40. The van der Waals surface area contributed by atoms with E-state index < -0.39 is 0 Å². The van der Waals surface area contributed by atoms with Gasteiger partial charge in [0.2, 0.25) is 0 Å². The van der Waals surface area contributed by atoms with Gasteiger partial charge in [-0.05, 0) is 36.1 Å². The number of benzene rings is 1. The van der Waals surface area contributed by atoms with Crippen molar-refractivity contribution in [1.29, 1.82) is 0 Å². The lowest BCUT2D eigenvalue weighted by atomic mass is 10.1. The Balaban J connectivity index is 1.95. The molecule has 0 saturated heterocycles. The second kappa shape index (κ2) is 5.67. The summed E-state index contributed by atoms with van der Waals surface area (Å²) in [5.41, 5.74) is 4.05. The lowest BCUT2D eigenvalue weighted by Gasteiger charge is -2.12. The van der Waals surface area contributed by atoms with Crippen LogP contribution in [0.3, 0.4) is 0 Å². The summed E-state index contributed by atoms with van der Waals surface area (Å²) in [7, 11) is 6.18. The van der Waals surface area contributed by atoms with Crippen LogP contribution in [-0.2, 0) is 19.9 Å². The number of aromatic nitrogens is 1. The van der Waals surface area contributed by atoms with Gasteiger partial charge in [-0.3, -0.25) is 0 Å². The van der Waals surface area contributed by atoms with Crippen LogP contribution < -0.4 is 9.47 Å². The topological polar surface area (TPSA) is 7.12 Å². The summed E-state index contributed by atoms with van der Waals surface area (Å²) >= 11 is 0. The van der Waals surface area contributed by atoms with Gasteiger partial charge >= 0.3 is 0 Å². The molecule has 0 aliphatic rings. The summed E-state index contributed by atoms with van der Waals surface area (Å²) < 4.78 is 2.06. The fourth-order valence-corrected chi connectivity index (χ4v) is 1.95. The molecular weight excluding hydrogens is 220 g/mol. The number of nitrogens with zero attached hydrogens (tertiary/aromatic N) is 2. The van der Waals surface area contributed by atoms with E-state index in [-0.39, 0.29) is 0 Å². The molecule has 2 rings (SSSR count). The van der Waals surface area contributed by atoms with Crippen LogP contribution in [0.15, 0.2) is 48.8 Å². The Kier molecular flexibility index (Phi) is 3.98. The first-order chi connectivity index (χ1) is 8.65. The normalized spacial score (nSPS) is 10.4. The number of hydrogen-bond acceptors (Lipinski definition) is 1. The molecule has 0 aliphatic heterocycles. The predicted molar refractivity (Wildman–Crippen MR) is 75.8 cm³/mol. The third-order valence-electron chi connectivity index (χ3n) is 3.20. The molecule has 0 unspecified atom stereocenters. The van der Waals surface area contributed by atoms with Crippen molar-refractivity contribution in [3.05, 3.63) is 59.9 Å². The van der Waals surface area contributed by atoms with Gasteiger partial charge in [-0.2, -0.15) is 0 Å². The SMILES string of the molecule is CN(C)c1ccc(CCc2cc[n+](C)cc2)cc1. The van der Waals surface area contributed by atoms with Crippen molar-refractivity contribution in [3.63, 3.8) is 0 Å². The minimum Gasteiger partial charge on any atom is -0.378 e. The number of aryl methyl sites for hydroxylation is 3. The number of hydrogen-bond donors (Lipinski definition) is 0. The summed E-state index contributed by atoms with van der Waals surface area (Å²) in [5, 5.41) is 0. The largest absolute Gasteiger partial charge is 0.378 e. The van der Waals surface area contributed by atoms with Gasteiger partial charge in [-0.25, -0.2) is 4.57 Å². The van der Waals surface area contributed by atoms with Gasteiger partial charge in [0.15, 0.2) is 12.4 Å². The third kappa shape index (κ3) is 3.33. The predicted octanol–water partition coefficient (Wildman–Crippen LogP) is 2.36. The van der Waals surface area contributed by atoms with E-state index in [4.69, 9.17) is 0 Å². The van der Waals surface area contributed by atoms with Crippen molar-refractivity contribution in [2.75, 3.05) is 19.0 Å². The first kappa shape index (κ1) is 12.6. The van der Waals surface area contributed by atoms with E-state index in [9.17, 15) is 0 Å². The summed E-state index contributed by atoms with van der Waals surface area (Å²) in [6.45, 7) is 0. The van der Waals surface area contributed by atoms with Crippen molar-refractivity contribution in [2.45, 2.75) is 12.8 Å². The standard InChI is InChI=1S/C16H21N2/c1-17(2)16-8-6-14(7-9-16)4-5-15-10-12-18(3)13-11-15/h6-13H,4-5H2,1-3H3/q+1. The van der Waals surface area contributed by atoms with Crippen molar-refractivity contribution < 1.29 is 4.57 Å². The Morgan fingerprint density at radius 2 is 1.33 bits per heavy atom. The second-order valence-corrected chi connectivity index (χ2v) is 4.93. The zero-order valence-electron chi connectivity index (χ0n) is 11.4. The maximum atomic E-state index is 2.22. The van der Waals surface area contributed by atoms with E-state index in [0.29, 0.717) is 0 Å². The molecule has 0 radical (unpaired) electrons. The molecular formula is C16H21N2+. The van der Waals surface area contributed by atoms with Gasteiger partial charge in [0, 0.05) is 31.9 Å². The molecule has 2 aromatic rings. The minimum absolute atomic E-state index is 1.10. The van der Waals surface area contributed by atoms with E-state index in [2.05, 4.69) is 72.4 Å². The molecule has 94 valence electrons. The molecule has 0 bridgehead atoms. The van der Waals surface area contributed by atoms with Crippen molar-refractivity contribution >= 4 is 5.69 Å². The average molecular weight is 241 g/mol. The highest BCUT2D eigenvalue weighted by molar-refractivity contribution is 5.46. The van der Waals surface area contributed by atoms with Crippen LogP contribution in [0.5, 0.6) is 0 Å². The van der Waals surface area contributed by atoms with Crippen LogP contribution in [0, 0.1) is 0 Å². The van der Waals surface area contributed by atoms with Crippen LogP contribution in [0.25, 0.3) is 0 Å². The molecule has 1 heterocycles. The highest BCUT2D eigenvalue weighted by atomic mass is 15.1. The van der Waals surface area contributed by atoms with Gasteiger partial charge < -0.3 is 4.90 Å². The van der Waals surface area contributed by atoms with Crippen LogP contribution in [-0.4, -0.2) is 14.1 Å². The maximum absolute atomic E-state index is 2.22. The van der Waals surface area contributed by atoms with Crippen LogP contribution in [0.1, 0.15) is 11.1 Å². The Labute approximate surface area is 110 Å². The molecule has 1 aromatic carbocycles. The number of pyridine rings is 1. The monoisotopic (exact) mass is 241 g/mol. The summed E-state index contributed by atoms with van der Waals surface area (Å²) in [4.78, 5) is 2.13. The molecule has 0 aliphatic carbocycles. The first-order valence-electron chi connectivity index (χ1n) is 6.35. The van der Waals surface area contributed by atoms with Gasteiger partial charge in [0.1, 0.15) is 7.05 Å². The van der Waals surface area contributed by atoms with Crippen molar-refractivity contribution in [3.8, 4) is 0 Å². The van der Waals surface area contributed by atoms with Crippen molar-refractivity contribution in [2.24, 2.45) is 7.05 Å². The number of anilines is 1. The lowest BCUT2D eigenvalue weighted by molar-refractivity contribution is -0.671. The number of rotatable bonds is 4. The van der Waals surface area contributed by atoms with Crippen LogP contribution in [0.2, 0.25) is 0 Å². The second-order valence-electron chi connectivity index (χ2n) is 4.93. The minimum atomic E-state index is 1.10. The zero-order chi connectivity index (χ0) is 13.0. The third-order valence-corrected chi connectivity index (χ3v) is 3.20. The molecule has 0 N–H and O–H groups in total. The average Bonchev–Trinajstić information content (AvgIpc) is 2.38. The van der Waals surface area contributed by atoms with E-state index in [1.165, 1.54) is 16.8 Å². The fourth-order valence-electron chi connectivity index (χ4n) is 1.95. The van der Waals surface area contributed by atoms with E-state index in [0.717, 1.165) is 12.8 Å². The Hall–Kier alpha value is -1.83. The zero-order valence-corrected chi connectivity index (χ0v) is 11.4. The van der Waals surface area contributed by atoms with E-state index in [1.807, 2.05) is 7.05 Å². The highest BCUT2D eigenvalue weighted by Gasteiger charge is 1.99. The van der Waals surface area contributed by atoms with Gasteiger partial charge in [0.25, 0.3) is 0 Å². The molecule has 0 amide bonds. The van der Waals surface area contributed by atoms with Gasteiger partial charge in [0.05, 0.1) is 0 Å². The summed E-state index contributed by atoms with van der Waals surface area (Å²) in [5.74, 6) is 0. The molecule has 2 heteroatoms. The first-order valence-corrected chi connectivity index (χ1v) is 6.35. The summed E-state index contributed by atoms with van der Waals surface area (Å²) in [6, 6.07) is 13.2. The van der Waals surface area contributed by atoms with E-state index in [1.54, 1.807) is 0 Å². The van der Waals surface area contributed by atoms with Crippen LogP contribution in [0.4, 0.5) is 5.69 Å². The Morgan fingerprint density at radius 1 is 0.833 bits per heavy atom. The molecule has 0 atom stereocenters. The molecule has 0 saturated carbocycles. The smallest absolute Gasteiger partial charge is 0.168 e. The Morgan fingerprint density at radius 3 is 1.83 bits per heavy atom. The molecule has 1 aromatic heterocycles. The van der Waals surface area contributed by atoms with Crippen molar-refractivity contribution in [1.82, 2.24) is 0 Å². The quantitative estimate of drug-likeness (QED) is 0.745. The molecule has 0 spiro atoms. The van der Waals surface area contributed by atoms with Gasteiger partial charge in [-0.1, -0.05) is 12.1 Å². The van der Waals surface area contributed by atoms with E-state index >= 15 is 0 Å². The molecule has 0 fully saturated rings. The van der Waals surface area contributed by atoms with Gasteiger partial charge in [-0.15, -0.1) is 0 Å². The maximum Gasteiger partial charge on any atom is 0.168 e. The fraction of sp³-hybridized carbons (Fsp3) is 0.312. The highest BCUT2D eigenvalue weighted by Crippen LogP contribution is 2.13.